The average molecular weight is 587 g/mol. The predicted octanol–water partition coefficient (Wildman–Crippen LogP) is 2.83. The van der Waals surface area contributed by atoms with Gasteiger partial charge < -0.3 is 31.1 Å². The second-order valence-electron chi connectivity index (χ2n) is 10.9. The van der Waals surface area contributed by atoms with Gasteiger partial charge in [0.1, 0.15) is 6.04 Å². The van der Waals surface area contributed by atoms with Gasteiger partial charge in [-0.15, -0.1) is 0 Å². The number of carboxylic acids is 1. The molecule has 0 spiro atoms. The maximum absolute atomic E-state index is 13.7. The molecule has 0 saturated carbocycles. The van der Waals surface area contributed by atoms with Crippen LogP contribution in [0.4, 0.5) is 0 Å². The number of amides is 2. The molecule has 1 aliphatic heterocycles. The first kappa shape index (κ1) is 30.9. The molecule has 0 saturated heterocycles. The summed E-state index contributed by atoms with van der Waals surface area (Å²) in [5.41, 5.74) is 10.4. The number of hydrogen-bond donors (Lipinski definition) is 4. The van der Waals surface area contributed by atoms with Gasteiger partial charge in [-0.1, -0.05) is 67.5 Å². The van der Waals surface area contributed by atoms with Gasteiger partial charge in [0.2, 0.25) is 11.5 Å². The topological polar surface area (TPSA) is 186 Å². The van der Waals surface area contributed by atoms with E-state index in [9.17, 15) is 24.3 Å². The number of oxime groups is 1. The molecule has 12 heteroatoms. The van der Waals surface area contributed by atoms with Gasteiger partial charge in [0.25, 0.3) is 11.7 Å². The van der Waals surface area contributed by atoms with E-state index in [0.717, 1.165) is 22.0 Å². The average Bonchev–Trinajstić information content (AvgIpc) is 3.60. The Hall–Kier alpha value is -5.09. The largest absolute Gasteiger partial charge is 0.481 e. The summed E-state index contributed by atoms with van der Waals surface area (Å²) in [5, 5.41) is 20.1. The monoisotopic (exact) mass is 586 g/mol. The van der Waals surface area contributed by atoms with Gasteiger partial charge in [-0.3, -0.25) is 19.2 Å². The Bertz CT molecular complexity index is 1580. The highest BCUT2D eigenvalue weighted by atomic mass is 16.7. The van der Waals surface area contributed by atoms with E-state index in [1.165, 1.54) is 0 Å². The number of aromatic nitrogens is 1. The normalized spacial score (nSPS) is 17.3. The summed E-state index contributed by atoms with van der Waals surface area (Å²) < 4.78 is 0. The number of rotatable bonds is 14. The van der Waals surface area contributed by atoms with E-state index in [0.29, 0.717) is 18.3 Å². The number of hydrogen-bond acceptors (Lipinski definition) is 6. The molecule has 1 aromatic heterocycles. The maximum Gasteiger partial charge on any atom is 0.325 e. The lowest BCUT2D eigenvalue weighted by Crippen LogP contribution is -2.55. The van der Waals surface area contributed by atoms with Crippen LogP contribution in [0, 0.1) is 5.92 Å². The molecule has 0 radical (unpaired) electrons. The standard InChI is InChI=1S/C31H34N6O6/c1-19(2)29(36-27(39)13-12-21-17-33-23-11-7-6-10-22(21)23)25-16-31(43-37-25,15-20-8-4-3-5-9-20)30(42)35-24(14-28(40)41)26(38)18-34-32/h3-11,17-19,24,29,33H,12-16H2,1-2H3,(H,35,42)(H,36,39)(H,40,41)/t24-,29-,31?/m0/s1. The van der Waals surface area contributed by atoms with Crippen molar-refractivity contribution < 1.29 is 33.9 Å². The number of nitrogens with one attached hydrogen (secondary N) is 3. The smallest absolute Gasteiger partial charge is 0.325 e. The van der Waals surface area contributed by atoms with Crippen molar-refractivity contribution in [3.05, 3.63) is 77.5 Å². The van der Waals surface area contributed by atoms with Crippen LogP contribution in [-0.4, -0.2) is 68.1 Å². The number of aliphatic carboxylic acids is 1. The number of aryl methyl sites for hydroxylation is 1. The van der Waals surface area contributed by atoms with Crippen LogP contribution in [0.25, 0.3) is 16.4 Å². The highest BCUT2D eigenvalue weighted by Gasteiger charge is 2.49. The number of nitrogens with zero attached hydrogens (tertiary/aromatic N) is 3. The van der Waals surface area contributed by atoms with Gasteiger partial charge >= 0.3 is 12.2 Å². The lowest BCUT2D eigenvalue weighted by Gasteiger charge is -2.28. The zero-order valence-corrected chi connectivity index (χ0v) is 23.9. The van der Waals surface area contributed by atoms with Crippen LogP contribution in [0.5, 0.6) is 0 Å². The van der Waals surface area contributed by atoms with Crippen molar-refractivity contribution >= 4 is 46.4 Å². The molecule has 3 aromatic rings. The molecule has 0 bridgehead atoms. The summed E-state index contributed by atoms with van der Waals surface area (Å²) >= 11 is 0. The molecule has 0 fully saturated rings. The minimum Gasteiger partial charge on any atom is -0.481 e. The fourth-order valence-electron chi connectivity index (χ4n) is 5.19. The Kier molecular flexibility index (Phi) is 9.84. The van der Waals surface area contributed by atoms with Crippen molar-refractivity contribution in [3.63, 3.8) is 0 Å². The van der Waals surface area contributed by atoms with Crippen LogP contribution in [0.1, 0.15) is 44.2 Å². The first-order chi connectivity index (χ1) is 20.6. The minimum atomic E-state index is -1.62. The Morgan fingerprint density at radius 3 is 2.53 bits per heavy atom. The Labute approximate surface area is 248 Å². The van der Waals surface area contributed by atoms with Gasteiger partial charge in [-0.05, 0) is 29.5 Å². The van der Waals surface area contributed by atoms with E-state index in [4.69, 9.17) is 10.4 Å². The highest BCUT2D eigenvalue weighted by Crippen LogP contribution is 2.31. The van der Waals surface area contributed by atoms with Gasteiger partial charge in [0.15, 0.2) is 0 Å². The van der Waals surface area contributed by atoms with E-state index < -0.39 is 41.8 Å². The molecule has 43 heavy (non-hydrogen) atoms. The van der Waals surface area contributed by atoms with Crippen LogP contribution in [0.3, 0.4) is 0 Å². The Balaban J connectivity index is 1.51. The summed E-state index contributed by atoms with van der Waals surface area (Å²) in [4.78, 5) is 62.3. The van der Waals surface area contributed by atoms with Crippen molar-refractivity contribution in [2.24, 2.45) is 11.1 Å². The predicted molar refractivity (Wildman–Crippen MR) is 158 cm³/mol. The van der Waals surface area contributed by atoms with Gasteiger partial charge in [0, 0.05) is 36.4 Å². The van der Waals surface area contributed by atoms with E-state index in [2.05, 4.69) is 25.6 Å². The Morgan fingerprint density at radius 1 is 1.12 bits per heavy atom. The quantitative estimate of drug-likeness (QED) is 0.128. The highest BCUT2D eigenvalue weighted by molar-refractivity contribution is 6.28. The molecule has 0 aliphatic carbocycles. The van der Waals surface area contributed by atoms with E-state index >= 15 is 0 Å². The SMILES string of the molecule is CC(C)[C@H](NC(=O)CCc1c[nH]c2ccccc12)C1=NOC(Cc2ccccc2)(C(=O)N[C@@H](CC(=O)O)C(=O)C=[N+]=[N-])C1. The molecule has 2 aromatic carbocycles. The molecular formula is C31H34N6O6. The lowest BCUT2D eigenvalue weighted by atomic mass is 9.84. The number of carbonyl (C=O) groups is 4. The van der Waals surface area contributed by atoms with Crippen LogP contribution >= 0.6 is 0 Å². The van der Waals surface area contributed by atoms with Gasteiger partial charge in [0.05, 0.1) is 18.2 Å². The number of para-hydroxylation sites is 1. The molecule has 224 valence electrons. The number of aromatic amines is 1. The molecule has 2 amide bonds. The summed E-state index contributed by atoms with van der Waals surface area (Å²) in [6.45, 7) is 3.83. The zero-order valence-electron chi connectivity index (χ0n) is 23.9. The number of ketones is 1. The number of benzene rings is 2. The molecule has 1 unspecified atom stereocenters. The van der Waals surface area contributed by atoms with Crippen molar-refractivity contribution in [2.75, 3.05) is 0 Å². The third-order valence-corrected chi connectivity index (χ3v) is 7.40. The third kappa shape index (κ3) is 7.60. The second-order valence-corrected chi connectivity index (χ2v) is 10.9. The summed E-state index contributed by atoms with van der Waals surface area (Å²) in [7, 11) is 0. The minimum absolute atomic E-state index is 0.0125. The zero-order chi connectivity index (χ0) is 31.0. The maximum atomic E-state index is 13.7. The lowest BCUT2D eigenvalue weighted by molar-refractivity contribution is -0.147. The van der Waals surface area contributed by atoms with Crippen LogP contribution in [-0.2, 0) is 36.9 Å². The number of carbonyl (C=O) groups excluding carboxylic acids is 3. The van der Waals surface area contributed by atoms with Crippen LogP contribution in [0.2, 0.25) is 0 Å². The molecular weight excluding hydrogens is 552 g/mol. The third-order valence-electron chi connectivity index (χ3n) is 7.40. The molecule has 1 aliphatic rings. The fourth-order valence-corrected chi connectivity index (χ4v) is 5.19. The number of H-pyrrole nitrogens is 1. The van der Waals surface area contributed by atoms with Crippen LogP contribution in [0.15, 0.2) is 65.9 Å². The van der Waals surface area contributed by atoms with Crippen molar-refractivity contribution in [1.82, 2.24) is 15.6 Å². The first-order valence-electron chi connectivity index (χ1n) is 14.0. The summed E-state index contributed by atoms with van der Waals surface area (Å²) in [6.07, 6.45) is 2.52. The van der Waals surface area contributed by atoms with E-state index in [1.54, 1.807) is 24.3 Å². The summed E-state index contributed by atoms with van der Waals surface area (Å²) in [6, 6.07) is 14.9. The first-order valence-corrected chi connectivity index (χ1v) is 14.0. The fraction of sp³-hybridized carbons (Fsp3) is 0.355. The van der Waals surface area contributed by atoms with Gasteiger partial charge in [-0.2, -0.15) is 4.79 Å². The molecule has 4 N–H and O–H groups in total. The molecule has 12 nitrogen and oxygen atoms in total. The van der Waals surface area contributed by atoms with Gasteiger partial charge in [-0.25, -0.2) is 0 Å². The molecule has 3 atom stereocenters. The number of Topliss-reactive ketones (excluding diaryl/α,β-unsaturated/α-hetero) is 1. The van der Waals surface area contributed by atoms with Crippen molar-refractivity contribution in [1.29, 1.82) is 0 Å². The van der Waals surface area contributed by atoms with E-state index in [1.807, 2.05) is 50.4 Å². The van der Waals surface area contributed by atoms with E-state index in [-0.39, 0.29) is 31.1 Å². The molecule has 2 heterocycles. The second kappa shape index (κ2) is 13.7. The number of carboxylic acid groups (broad SMARTS) is 1. The molecule has 4 rings (SSSR count). The Morgan fingerprint density at radius 2 is 1.84 bits per heavy atom. The summed E-state index contributed by atoms with van der Waals surface area (Å²) in [5.74, 6) is -3.27. The van der Waals surface area contributed by atoms with Crippen molar-refractivity contribution in [3.8, 4) is 0 Å². The van der Waals surface area contributed by atoms with Crippen molar-refractivity contribution in [2.45, 2.75) is 63.6 Å². The van der Waals surface area contributed by atoms with Crippen LogP contribution < -0.4 is 10.6 Å². The number of fused-ring (bicyclic) bond motifs is 1.